The normalized spacial score (nSPS) is 13.8. The molecule has 1 aromatic rings. The predicted molar refractivity (Wildman–Crippen MR) is 94.2 cm³/mol. The fraction of sp³-hybridized carbons (Fsp3) is 0.700. The molecular weight excluding hydrogens is 272 g/mol. The number of aliphatic hydroxyl groups is 1. The summed E-state index contributed by atoms with van der Waals surface area (Å²) in [5, 5.41) is 10.3. The summed E-state index contributed by atoms with van der Waals surface area (Å²) in [6, 6.07) is 9.56. The Morgan fingerprint density at radius 3 is 1.86 bits per heavy atom. The SMILES string of the molecule is CCCCCCCCCCCCC(C)(O)Oc1ccccc1. The highest BCUT2D eigenvalue weighted by molar-refractivity contribution is 5.21. The van der Waals surface area contributed by atoms with E-state index < -0.39 is 5.79 Å². The molecule has 1 N–H and O–H groups in total. The number of hydrogen-bond acceptors (Lipinski definition) is 2. The molecule has 0 aliphatic rings. The van der Waals surface area contributed by atoms with Gasteiger partial charge in [0.25, 0.3) is 0 Å². The minimum absolute atomic E-state index is 0.693. The van der Waals surface area contributed by atoms with Gasteiger partial charge in [-0.15, -0.1) is 0 Å². The van der Waals surface area contributed by atoms with Crippen molar-refractivity contribution in [2.75, 3.05) is 0 Å². The Morgan fingerprint density at radius 2 is 1.32 bits per heavy atom. The molecule has 0 spiro atoms. The summed E-state index contributed by atoms with van der Waals surface area (Å²) >= 11 is 0. The molecule has 0 heterocycles. The van der Waals surface area contributed by atoms with Gasteiger partial charge in [-0.1, -0.05) is 82.9 Å². The molecule has 2 nitrogen and oxygen atoms in total. The first-order chi connectivity index (χ1) is 10.6. The molecular formula is C20H34O2. The lowest BCUT2D eigenvalue weighted by Gasteiger charge is -2.24. The van der Waals surface area contributed by atoms with Crippen LogP contribution in [0, 0.1) is 0 Å². The highest BCUT2D eigenvalue weighted by atomic mass is 16.6. The fourth-order valence-electron chi connectivity index (χ4n) is 2.73. The minimum atomic E-state index is -1.05. The Bertz CT molecular complexity index is 359. The summed E-state index contributed by atoms with van der Waals surface area (Å²) in [5.41, 5.74) is 0. The molecule has 2 heteroatoms. The highest BCUT2D eigenvalue weighted by Crippen LogP contribution is 2.21. The first-order valence-corrected chi connectivity index (χ1v) is 9.10. The zero-order valence-electron chi connectivity index (χ0n) is 14.5. The van der Waals surface area contributed by atoms with Gasteiger partial charge in [-0.3, -0.25) is 0 Å². The summed E-state index contributed by atoms with van der Waals surface area (Å²) in [5.74, 6) is -0.318. The van der Waals surface area contributed by atoms with E-state index in [9.17, 15) is 5.11 Å². The number of rotatable bonds is 13. The Hall–Kier alpha value is -1.02. The maximum Gasteiger partial charge on any atom is 0.205 e. The Balaban J connectivity index is 1.99. The van der Waals surface area contributed by atoms with Crippen LogP contribution in [0.4, 0.5) is 0 Å². The Kier molecular flexibility index (Phi) is 9.98. The van der Waals surface area contributed by atoms with Crippen molar-refractivity contribution in [3.8, 4) is 5.75 Å². The maximum atomic E-state index is 10.3. The van der Waals surface area contributed by atoms with Gasteiger partial charge in [-0.2, -0.15) is 0 Å². The minimum Gasteiger partial charge on any atom is -0.463 e. The molecule has 1 rings (SSSR count). The number of hydrogen-bond donors (Lipinski definition) is 1. The quantitative estimate of drug-likeness (QED) is 0.353. The Morgan fingerprint density at radius 1 is 0.818 bits per heavy atom. The summed E-state index contributed by atoms with van der Waals surface area (Å²) in [4.78, 5) is 0. The zero-order chi connectivity index (χ0) is 16.1. The van der Waals surface area contributed by atoms with Crippen LogP contribution < -0.4 is 4.74 Å². The van der Waals surface area contributed by atoms with Crippen LogP contribution in [-0.2, 0) is 0 Å². The van der Waals surface area contributed by atoms with Crippen molar-refractivity contribution in [1.29, 1.82) is 0 Å². The van der Waals surface area contributed by atoms with Gasteiger partial charge in [0, 0.05) is 13.3 Å². The van der Waals surface area contributed by atoms with Crippen molar-refractivity contribution in [2.24, 2.45) is 0 Å². The summed E-state index contributed by atoms with van der Waals surface area (Å²) < 4.78 is 5.64. The first kappa shape index (κ1) is 19.0. The van der Waals surface area contributed by atoms with Crippen LogP contribution in [0.1, 0.15) is 84.5 Å². The van der Waals surface area contributed by atoms with Crippen LogP contribution >= 0.6 is 0 Å². The second-order valence-electron chi connectivity index (χ2n) is 6.52. The third kappa shape index (κ3) is 9.83. The maximum absolute atomic E-state index is 10.3. The van der Waals surface area contributed by atoms with E-state index in [1.165, 1.54) is 57.8 Å². The molecule has 0 bridgehead atoms. The van der Waals surface area contributed by atoms with E-state index in [-0.39, 0.29) is 0 Å². The van der Waals surface area contributed by atoms with Gasteiger partial charge in [0.2, 0.25) is 5.79 Å². The smallest absolute Gasteiger partial charge is 0.205 e. The van der Waals surface area contributed by atoms with Gasteiger partial charge in [-0.25, -0.2) is 0 Å². The van der Waals surface area contributed by atoms with E-state index in [0.717, 1.165) is 12.2 Å². The lowest BCUT2D eigenvalue weighted by molar-refractivity contribution is -0.127. The van der Waals surface area contributed by atoms with Crippen molar-refractivity contribution in [3.63, 3.8) is 0 Å². The van der Waals surface area contributed by atoms with Crippen molar-refractivity contribution >= 4 is 0 Å². The Labute approximate surface area is 136 Å². The molecule has 0 fully saturated rings. The highest BCUT2D eigenvalue weighted by Gasteiger charge is 2.21. The molecule has 126 valence electrons. The lowest BCUT2D eigenvalue weighted by Crippen LogP contribution is -2.31. The number of para-hydroxylation sites is 1. The standard InChI is InChI=1S/C20H34O2/c1-3-4-5-6-7-8-9-10-11-15-18-20(2,21)22-19-16-13-12-14-17-19/h12-14,16-17,21H,3-11,15,18H2,1-2H3. The van der Waals surface area contributed by atoms with Crippen LogP contribution in [-0.4, -0.2) is 10.9 Å². The molecule has 0 saturated carbocycles. The molecule has 0 radical (unpaired) electrons. The molecule has 0 amide bonds. The van der Waals surface area contributed by atoms with E-state index in [2.05, 4.69) is 6.92 Å². The van der Waals surface area contributed by atoms with Crippen LogP contribution in [0.15, 0.2) is 30.3 Å². The van der Waals surface area contributed by atoms with Crippen molar-refractivity contribution < 1.29 is 9.84 Å². The van der Waals surface area contributed by atoms with E-state index in [0.29, 0.717) is 6.42 Å². The molecule has 0 saturated heterocycles. The fourth-order valence-corrected chi connectivity index (χ4v) is 2.73. The van der Waals surface area contributed by atoms with Gasteiger partial charge in [0.1, 0.15) is 5.75 Å². The van der Waals surface area contributed by atoms with Gasteiger partial charge >= 0.3 is 0 Å². The third-order valence-electron chi connectivity index (χ3n) is 4.08. The molecule has 0 aliphatic heterocycles. The van der Waals surface area contributed by atoms with Crippen LogP contribution in [0.25, 0.3) is 0 Å². The second kappa shape index (κ2) is 11.5. The molecule has 1 atom stereocenters. The summed E-state index contributed by atoms with van der Waals surface area (Å²) in [6.07, 6.45) is 13.8. The van der Waals surface area contributed by atoms with Gasteiger partial charge in [0.05, 0.1) is 0 Å². The third-order valence-corrected chi connectivity index (χ3v) is 4.08. The van der Waals surface area contributed by atoms with Gasteiger partial charge in [0.15, 0.2) is 0 Å². The van der Waals surface area contributed by atoms with Crippen LogP contribution in [0.3, 0.4) is 0 Å². The van der Waals surface area contributed by atoms with E-state index in [1.807, 2.05) is 30.3 Å². The van der Waals surface area contributed by atoms with E-state index >= 15 is 0 Å². The predicted octanol–water partition coefficient (Wildman–Crippen LogP) is 6.08. The van der Waals surface area contributed by atoms with E-state index in [1.54, 1.807) is 6.92 Å². The van der Waals surface area contributed by atoms with Crippen molar-refractivity contribution in [3.05, 3.63) is 30.3 Å². The molecule has 1 unspecified atom stereocenters. The monoisotopic (exact) mass is 306 g/mol. The molecule has 1 aromatic carbocycles. The topological polar surface area (TPSA) is 29.5 Å². The summed E-state index contributed by atoms with van der Waals surface area (Å²) in [7, 11) is 0. The van der Waals surface area contributed by atoms with Gasteiger partial charge < -0.3 is 9.84 Å². The van der Waals surface area contributed by atoms with E-state index in [4.69, 9.17) is 4.74 Å². The molecule has 22 heavy (non-hydrogen) atoms. The van der Waals surface area contributed by atoms with Crippen molar-refractivity contribution in [2.45, 2.75) is 90.3 Å². The second-order valence-corrected chi connectivity index (χ2v) is 6.52. The number of benzene rings is 1. The van der Waals surface area contributed by atoms with Crippen LogP contribution in [0.5, 0.6) is 5.75 Å². The molecule has 0 aliphatic carbocycles. The molecule has 0 aromatic heterocycles. The number of ether oxygens (including phenoxy) is 1. The largest absolute Gasteiger partial charge is 0.463 e. The number of unbranched alkanes of at least 4 members (excludes halogenated alkanes) is 9. The zero-order valence-corrected chi connectivity index (χ0v) is 14.5. The van der Waals surface area contributed by atoms with Crippen LogP contribution in [0.2, 0.25) is 0 Å². The van der Waals surface area contributed by atoms with Crippen molar-refractivity contribution in [1.82, 2.24) is 0 Å². The summed E-state index contributed by atoms with van der Waals surface area (Å²) in [6.45, 7) is 4.02. The average Bonchev–Trinajstić information content (AvgIpc) is 2.49. The first-order valence-electron chi connectivity index (χ1n) is 9.10. The average molecular weight is 306 g/mol. The lowest BCUT2D eigenvalue weighted by atomic mass is 10.0. The van der Waals surface area contributed by atoms with Gasteiger partial charge in [-0.05, 0) is 18.6 Å².